The van der Waals surface area contributed by atoms with Crippen molar-refractivity contribution in [1.29, 1.82) is 0 Å². The molecule has 0 atom stereocenters. The molecule has 2 aromatic rings. The summed E-state index contributed by atoms with van der Waals surface area (Å²) in [5.41, 5.74) is -0.991. The van der Waals surface area contributed by atoms with Crippen LogP contribution in [-0.2, 0) is 13.1 Å². The van der Waals surface area contributed by atoms with Gasteiger partial charge in [0.1, 0.15) is 22.2 Å². The van der Waals surface area contributed by atoms with Crippen LogP contribution in [-0.4, -0.2) is 42.0 Å². The average Bonchev–Trinajstić information content (AvgIpc) is 2.68. The molecular weight excluding hydrogens is 396 g/mol. The number of carbonyl (C=O) groups is 2. The Morgan fingerprint density at radius 1 is 1.29 bits per heavy atom. The molecule has 0 aliphatic carbocycles. The number of hydrogen-bond acceptors (Lipinski definition) is 4. The fourth-order valence-electron chi connectivity index (χ4n) is 2.90. The van der Waals surface area contributed by atoms with Gasteiger partial charge in [-0.05, 0) is 6.07 Å². The molecule has 7 nitrogen and oxygen atoms in total. The molecule has 0 spiro atoms. The average molecular weight is 412 g/mol. The third-order valence-electron chi connectivity index (χ3n) is 4.47. The van der Waals surface area contributed by atoms with Crippen molar-refractivity contribution < 1.29 is 23.1 Å². The number of hydrogen-bond donors (Lipinski definition) is 1. The first-order chi connectivity index (χ1) is 13.3. The van der Waals surface area contributed by atoms with Gasteiger partial charge < -0.3 is 19.5 Å². The molecule has 148 valence electrons. The fourth-order valence-corrected chi connectivity index (χ4v) is 3.08. The number of pyridine rings is 1. The van der Waals surface area contributed by atoms with Gasteiger partial charge in [-0.3, -0.25) is 14.4 Å². The first kappa shape index (κ1) is 19.8. The molecule has 1 N–H and O–H groups in total. The van der Waals surface area contributed by atoms with E-state index >= 15 is 0 Å². The maximum absolute atomic E-state index is 14.0. The number of ether oxygens (including phenoxy) is 1. The number of fused-ring (bicyclic) bond motifs is 1. The van der Waals surface area contributed by atoms with Gasteiger partial charge in [0.15, 0.2) is 11.4 Å². The molecule has 0 saturated carbocycles. The molecule has 1 aromatic heterocycles. The normalized spacial score (nSPS) is 13.3. The molecule has 1 aromatic carbocycles. The van der Waals surface area contributed by atoms with Crippen molar-refractivity contribution in [3.05, 3.63) is 62.0 Å². The number of likely N-dealkylation sites (N-methyl/N-ethyl adjacent to an activating group) is 1. The second-order valence-corrected chi connectivity index (χ2v) is 6.57. The minimum Gasteiger partial charge on any atom is -0.491 e. The highest BCUT2D eigenvalue weighted by atomic mass is 35.5. The molecule has 0 radical (unpaired) electrons. The van der Waals surface area contributed by atoms with Crippen molar-refractivity contribution in [3.8, 4) is 5.75 Å². The van der Waals surface area contributed by atoms with E-state index in [0.717, 1.165) is 12.1 Å². The van der Waals surface area contributed by atoms with Crippen molar-refractivity contribution in [1.82, 2.24) is 14.8 Å². The lowest BCUT2D eigenvalue weighted by Gasteiger charge is -2.28. The maximum Gasteiger partial charge on any atom is 0.274 e. The van der Waals surface area contributed by atoms with E-state index in [4.69, 9.17) is 16.3 Å². The van der Waals surface area contributed by atoms with Gasteiger partial charge in [-0.15, -0.1) is 0 Å². The topological polar surface area (TPSA) is 80.6 Å². The highest BCUT2D eigenvalue weighted by Gasteiger charge is 2.29. The third kappa shape index (κ3) is 3.33. The Bertz CT molecular complexity index is 1040. The number of rotatable bonds is 4. The van der Waals surface area contributed by atoms with Crippen molar-refractivity contribution in [3.63, 3.8) is 0 Å². The van der Waals surface area contributed by atoms with Gasteiger partial charge in [-0.25, -0.2) is 8.78 Å². The SMILES string of the molecule is COc1c2n(cc(C(=O)NCc3ccc(F)c(Cl)c3F)c1=O)CCN(C)C2=O. The van der Waals surface area contributed by atoms with E-state index < -0.39 is 33.9 Å². The summed E-state index contributed by atoms with van der Waals surface area (Å²) < 4.78 is 33.8. The number of halogens is 3. The quantitative estimate of drug-likeness (QED) is 0.778. The molecule has 10 heteroatoms. The number of carbonyl (C=O) groups excluding carboxylic acids is 2. The monoisotopic (exact) mass is 411 g/mol. The lowest BCUT2D eigenvalue weighted by atomic mass is 10.1. The smallest absolute Gasteiger partial charge is 0.274 e. The Labute approximate surface area is 163 Å². The Kier molecular flexibility index (Phi) is 5.37. The fraction of sp³-hybridized carbons (Fsp3) is 0.278. The van der Waals surface area contributed by atoms with Gasteiger partial charge in [-0.2, -0.15) is 0 Å². The number of methoxy groups -OCH3 is 1. The molecule has 3 rings (SSSR count). The lowest BCUT2D eigenvalue weighted by Crippen LogP contribution is -2.41. The summed E-state index contributed by atoms with van der Waals surface area (Å²) in [5, 5.41) is 1.72. The molecule has 0 fully saturated rings. The second kappa shape index (κ2) is 7.59. The van der Waals surface area contributed by atoms with E-state index in [1.165, 1.54) is 22.8 Å². The number of amides is 2. The van der Waals surface area contributed by atoms with Crippen LogP contribution >= 0.6 is 11.6 Å². The lowest BCUT2D eigenvalue weighted by molar-refractivity contribution is 0.0739. The summed E-state index contributed by atoms with van der Waals surface area (Å²) in [6, 6.07) is 2.12. The zero-order valence-electron chi connectivity index (χ0n) is 15.0. The van der Waals surface area contributed by atoms with Crippen LogP contribution in [0.2, 0.25) is 5.02 Å². The zero-order valence-corrected chi connectivity index (χ0v) is 15.8. The summed E-state index contributed by atoms with van der Waals surface area (Å²) in [7, 11) is 2.83. The predicted octanol–water partition coefficient (Wildman–Crippen LogP) is 1.80. The predicted molar refractivity (Wildman–Crippen MR) is 96.8 cm³/mol. The maximum atomic E-state index is 14.0. The van der Waals surface area contributed by atoms with Crippen LogP contribution in [0.15, 0.2) is 23.1 Å². The van der Waals surface area contributed by atoms with E-state index in [1.54, 1.807) is 7.05 Å². The van der Waals surface area contributed by atoms with E-state index in [9.17, 15) is 23.2 Å². The van der Waals surface area contributed by atoms with Crippen LogP contribution in [0, 0.1) is 11.6 Å². The van der Waals surface area contributed by atoms with E-state index in [1.807, 2.05) is 0 Å². The summed E-state index contributed by atoms with van der Waals surface area (Å²) >= 11 is 5.52. The van der Waals surface area contributed by atoms with Gasteiger partial charge in [0.05, 0.1) is 7.11 Å². The molecule has 0 saturated heterocycles. The van der Waals surface area contributed by atoms with Crippen LogP contribution in [0.5, 0.6) is 5.75 Å². The number of nitrogens with one attached hydrogen (secondary N) is 1. The summed E-state index contributed by atoms with van der Waals surface area (Å²) in [6.07, 6.45) is 1.27. The highest BCUT2D eigenvalue weighted by molar-refractivity contribution is 6.30. The molecule has 2 amide bonds. The minimum absolute atomic E-state index is 0.0402. The summed E-state index contributed by atoms with van der Waals surface area (Å²) in [6.45, 7) is 0.463. The third-order valence-corrected chi connectivity index (χ3v) is 4.81. The zero-order chi connectivity index (χ0) is 20.6. The van der Waals surface area contributed by atoms with E-state index in [-0.39, 0.29) is 29.1 Å². The van der Waals surface area contributed by atoms with Crippen LogP contribution in [0.25, 0.3) is 0 Å². The van der Waals surface area contributed by atoms with Crippen molar-refractivity contribution in [2.75, 3.05) is 20.7 Å². The Balaban J connectivity index is 1.92. The van der Waals surface area contributed by atoms with Crippen molar-refractivity contribution in [2.24, 2.45) is 0 Å². The molecule has 0 bridgehead atoms. The summed E-state index contributed by atoms with van der Waals surface area (Å²) in [4.78, 5) is 38.9. The van der Waals surface area contributed by atoms with Crippen molar-refractivity contribution >= 4 is 23.4 Å². The van der Waals surface area contributed by atoms with Crippen molar-refractivity contribution in [2.45, 2.75) is 13.1 Å². The first-order valence-corrected chi connectivity index (χ1v) is 8.61. The second-order valence-electron chi connectivity index (χ2n) is 6.19. The van der Waals surface area contributed by atoms with Gasteiger partial charge in [0.25, 0.3) is 11.8 Å². The summed E-state index contributed by atoms with van der Waals surface area (Å²) in [5.74, 6) is -3.32. The van der Waals surface area contributed by atoms with Gasteiger partial charge in [0.2, 0.25) is 5.43 Å². The van der Waals surface area contributed by atoms with E-state index in [0.29, 0.717) is 13.1 Å². The largest absolute Gasteiger partial charge is 0.491 e. The highest BCUT2D eigenvalue weighted by Crippen LogP contribution is 2.22. The van der Waals surface area contributed by atoms with Gasteiger partial charge in [0, 0.05) is 38.4 Å². The molecule has 1 aliphatic heterocycles. The number of nitrogens with zero attached hydrogens (tertiary/aromatic N) is 2. The number of benzene rings is 1. The number of aromatic nitrogens is 1. The van der Waals surface area contributed by atoms with Crippen LogP contribution in [0.4, 0.5) is 8.78 Å². The molecule has 1 aliphatic rings. The molecule has 0 unspecified atom stereocenters. The van der Waals surface area contributed by atoms with Crippen LogP contribution in [0.1, 0.15) is 26.4 Å². The van der Waals surface area contributed by atoms with E-state index in [2.05, 4.69) is 5.32 Å². The minimum atomic E-state index is -0.990. The Hall–Kier alpha value is -2.94. The molecular formula is C18H16ClF2N3O4. The van der Waals surface area contributed by atoms with Crippen LogP contribution < -0.4 is 15.5 Å². The Morgan fingerprint density at radius 2 is 2.00 bits per heavy atom. The standard InChI is InChI=1S/C18H16ClF2N3O4/c1-23-5-6-24-8-10(15(25)16(28-2)14(24)18(23)27)17(26)22-7-9-3-4-11(20)12(19)13(9)21/h3-4,8H,5-7H2,1-2H3,(H,22,26). The Morgan fingerprint density at radius 3 is 2.68 bits per heavy atom. The molecule has 28 heavy (non-hydrogen) atoms. The van der Waals surface area contributed by atoms with Gasteiger partial charge >= 0.3 is 0 Å². The first-order valence-electron chi connectivity index (χ1n) is 8.23. The van der Waals surface area contributed by atoms with Crippen LogP contribution in [0.3, 0.4) is 0 Å². The molecule has 2 heterocycles. The van der Waals surface area contributed by atoms with Gasteiger partial charge in [-0.1, -0.05) is 17.7 Å².